The number of fused-ring (bicyclic) bond motifs is 1. The van der Waals surface area contributed by atoms with Crippen LogP contribution in [0.1, 0.15) is 29.0 Å². The summed E-state index contributed by atoms with van der Waals surface area (Å²) >= 11 is 1.38. The third-order valence-electron chi connectivity index (χ3n) is 5.27. The van der Waals surface area contributed by atoms with Gasteiger partial charge < -0.3 is 14.6 Å². The highest BCUT2D eigenvalue weighted by Gasteiger charge is 2.32. The van der Waals surface area contributed by atoms with E-state index >= 15 is 0 Å². The van der Waals surface area contributed by atoms with Crippen molar-refractivity contribution in [3.8, 4) is 5.75 Å². The number of carbonyl (C=O) groups is 1. The van der Waals surface area contributed by atoms with Crippen molar-refractivity contribution in [3.05, 3.63) is 94.0 Å². The molecule has 164 valence electrons. The van der Waals surface area contributed by atoms with E-state index in [1.165, 1.54) is 17.8 Å². The van der Waals surface area contributed by atoms with Gasteiger partial charge in [-0.05, 0) is 23.8 Å². The lowest BCUT2D eigenvalue weighted by Crippen LogP contribution is -2.33. The number of rotatable bonds is 7. The summed E-state index contributed by atoms with van der Waals surface area (Å²) in [6.45, 7) is 3.79. The first kappa shape index (κ1) is 21.8. The maximum atomic E-state index is 13.8. The van der Waals surface area contributed by atoms with Crippen molar-refractivity contribution in [1.29, 1.82) is 0 Å². The Morgan fingerprint density at radius 3 is 2.72 bits per heavy atom. The molecule has 4 rings (SSSR count). The van der Waals surface area contributed by atoms with E-state index in [2.05, 4.69) is 16.9 Å². The Morgan fingerprint density at radius 1 is 1.25 bits per heavy atom. The van der Waals surface area contributed by atoms with Crippen LogP contribution in [-0.4, -0.2) is 21.2 Å². The lowest BCUT2D eigenvalue weighted by Gasteiger charge is -2.27. The summed E-state index contributed by atoms with van der Waals surface area (Å²) in [6, 6.07) is 13.6. The smallest absolute Gasteiger partial charge is 0.279 e. The fraction of sp³-hybridized carbons (Fsp3) is 0.208. The van der Waals surface area contributed by atoms with Crippen LogP contribution < -0.4 is 15.6 Å². The van der Waals surface area contributed by atoms with Crippen molar-refractivity contribution in [2.75, 3.05) is 11.1 Å². The predicted molar refractivity (Wildman–Crippen MR) is 123 cm³/mol. The van der Waals surface area contributed by atoms with Crippen LogP contribution in [-0.2, 0) is 18.4 Å². The summed E-state index contributed by atoms with van der Waals surface area (Å²) in [6.07, 6.45) is 1.88. The molecule has 1 N–H and O–H groups in total. The predicted octanol–water partition coefficient (Wildman–Crippen LogP) is 4.25. The van der Waals surface area contributed by atoms with Gasteiger partial charge in [0.25, 0.3) is 5.56 Å². The summed E-state index contributed by atoms with van der Waals surface area (Å²) in [5.74, 6) is 0.748. The number of nitrogens with one attached hydrogen (secondary N) is 1. The molecule has 1 amide bonds. The molecule has 1 atom stereocenters. The Bertz CT molecular complexity index is 1220. The van der Waals surface area contributed by atoms with E-state index in [4.69, 9.17) is 4.74 Å². The molecule has 2 heterocycles. The van der Waals surface area contributed by atoms with Gasteiger partial charge in [-0.3, -0.25) is 9.59 Å². The molecule has 1 aromatic heterocycles. The third-order valence-corrected chi connectivity index (χ3v) is 6.29. The van der Waals surface area contributed by atoms with Gasteiger partial charge >= 0.3 is 0 Å². The van der Waals surface area contributed by atoms with Crippen LogP contribution in [0.3, 0.4) is 0 Å². The number of anilines is 1. The van der Waals surface area contributed by atoms with Gasteiger partial charge in [-0.1, -0.05) is 48.2 Å². The third kappa shape index (κ3) is 4.45. The van der Waals surface area contributed by atoms with E-state index in [0.29, 0.717) is 33.6 Å². The molecule has 0 saturated carbocycles. The summed E-state index contributed by atoms with van der Waals surface area (Å²) in [5, 5.41) is 3.35. The molecule has 0 spiro atoms. The van der Waals surface area contributed by atoms with Crippen molar-refractivity contribution < 1.29 is 13.9 Å². The monoisotopic (exact) mass is 451 g/mol. The van der Waals surface area contributed by atoms with Gasteiger partial charge in [-0.2, -0.15) is 4.98 Å². The topological polar surface area (TPSA) is 73.2 Å². The number of hydrogen-bond acceptors (Lipinski definition) is 5. The Labute approximate surface area is 189 Å². The number of nitrogens with zero attached hydrogens (tertiary/aromatic N) is 2. The molecule has 6 nitrogen and oxygen atoms in total. The van der Waals surface area contributed by atoms with Crippen LogP contribution in [0, 0.1) is 5.82 Å². The van der Waals surface area contributed by atoms with Crippen LogP contribution in [0.4, 0.5) is 10.2 Å². The molecular formula is C24H22FN3O3S. The fourth-order valence-corrected chi connectivity index (χ4v) is 4.35. The molecule has 0 radical (unpaired) electrons. The molecule has 0 aliphatic carbocycles. The molecule has 3 aromatic rings. The highest BCUT2D eigenvalue weighted by atomic mass is 32.2. The van der Waals surface area contributed by atoms with E-state index in [1.807, 2.05) is 12.1 Å². The van der Waals surface area contributed by atoms with Crippen molar-refractivity contribution >= 4 is 23.5 Å². The fourth-order valence-electron chi connectivity index (χ4n) is 3.66. The molecule has 0 saturated heterocycles. The van der Waals surface area contributed by atoms with Gasteiger partial charge in [-0.25, -0.2) is 4.39 Å². The van der Waals surface area contributed by atoms with Crippen LogP contribution in [0.5, 0.6) is 5.75 Å². The van der Waals surface area contributed by atoms with Crippen LogP contribution in [0.25, 0.3) is 0 Å². The van der Waals surface area contributed by atoms with Crippen LogP contribution in [0.15, 0.2) is 71.1 Å². The first-order valence-corrected chi connectivity index (χ1v) is 11.1. The average Bonchev–Trinajstić information content (AvgIpc) is 2.79. The number of carbonyl (C=O) groups excluding carboxylic acids is 1. The minimum atomic E-state index is -0.413. The molecule has 1 aliphatic rings. The average molecular weight is 452 g/mol. The molecule has 8 heteroatoms. The number of amides is 1. The lowest BCUT2D eigenvalue weighted by atomic mass is 9.87. The molecule has 2 aromatic carbocycles. The van der Waals surface area contributed by atoms with E-state index in [0.717, 1.165) is 5.56 Å². The van der Waals surface area contributed by atoms with Crippen molar-refractivity contribution in [2.45, 2.75) is 24.1 Å². The second-order valence-electron chi connectivity index (χ2n) is 7.37. The molecule has 1 aliphatic heterocycles. The van der Waals surface area contributed by atoms with Gasteiger partial charge in [0.2, 0.25) is 5.91 Å². The van der Waals surface area contributed by atoms with Gasteiger partial charge in [0.05, 0.1) is 5.56 Å². The molecule has 0 bridgehead atoms. The minimum Gasteiger partial charge on any atom is -0.489 e. The maximum absolute atomic E-state index is 13.8. The van der Waals surface area contributed by atoms with Gasteiger partial charge in [0.1, 0.15) is 24.0 Å². The zero-order chi connectivity index (χ0) is 22.7. The lowest BCUT2D eigenvalue weighted by molar-refractivity contribution is -0.116. The van der Waals surface area contributed by atoms with Crippen molar-refractivity contribution in [1.82, 2.24) is 9.55 Å². The normalized spacial score (nSPS) is 15.1. The molecular weight excluding hydrogens is 429 g/mol. The Morgan fingerprint density at radius 2 is 2.00 bits per heavy atom. The highest BCUT2D eigenvalue weighted by Crippen LogP contribution is 2.36. The summed E-state index contributed by atoms with van der Waals surface area (Å²) in [4.78, 5) is 29.5. The van der Waals surface area contributed by atoms with Gasteiger partial charge in [-0.15, -0.1) is 6.58 Å². The molecule has 0 unspecified atom stereocenters. The van der Waals surface area contributed by atoms with E-state index in [1.54, 1.807) is 48.0 Å². The first-order valence-electron chi connectivity index (χ1n) is 10.1. The SMILES string of the molecule is C=CCSc1nc(=O)c2c(n1C)NC(=O)C[C@@H]2c1ccc(OCc2ccccc2F)cc1. The van der Waals surface area contributed by atoms with Crippen LogP contribution in [0.2, 0.25) is 0 Å². The summed E-state index contributed by atoms with van der Waals surface area (Å²) < 4.78 is 21.2. The van der Waals surface area contributed by atoms with Gasteiger partial charge in [0.15, 0.2) is 5.16 Å². The second kappa shape index (κ2) is 9.40. The quantitative estimate of drug-likeness (QED) is 0.330. The number of aromatic nitrogens is 2. The van der Waals surface area contributed by atoms with E-state index in [9.17, 15) is 14.0 Å². The largest absolute Gasteiger partial charge is 0.489 e. The molecule has 0 fully saturated rings. The van der Waals surface area contributed by atoms with E-state index < -0.39 is 5.92 Å². The number of hydrogen-bond donors (Lipinski definition) is 1. The Balaban J connectivity index is 1.60. The first-order chi connectivity index (χ1) is 15.5. The van der Waals surface area contributed by atoms with Crippen molar-refractivity contribution in [2.24, 2.45) is 7.05 Å². The number of benzene rings is 2. The maximum Gasteiger partial charge on any atom is 0.279 e. The minimum absolute atomic E-state index is 0.107. The number of thioether (sulfide) groups is 1. The number of halogens is 1. The summed E-state index contributed by atoms with van der Waals surface area (Å²) in [7, 11) is 1.78. The summed E-state index contributed by atoms with van der Waals surface area (Å²) in [5.41, 5.74) is 1.39. The zero-order valence-corrected chi connectivity index (χ0v) is 18.3. The van der Waals surface area contributed by atoms with E-state index in [-0.39, 0.29) is 30.3 Å². The number of ether oxygens (including phenoxy) is 1. The van der Waals surface area contributed by atoms with Crippen molar-refractivity contribution in [3.63, 3.8) is 0 Å². The Hall–Kier alpha value is -3.39. The van der Waals surface area contributed by atoms with Crippen LogP contribution >= 0.6 is 11.8 Å². The standard InChI is InChI=1S/C24H22FN3O3S/c1-3-12-32-24-27-23(30)21-18(13-20(29)26-22(21)28(24)2)15-8-10-17(11-9-15)31-14-16-6-4-5-7-19(16)25/h3-11,18H,1,12-14H2,2H3,(H,26,29)/t18-/m1/s1. The zero-order valence-electron chi connectivity index (χ0n) is 17.5. The second-order valence-corrected chi connectivity index (χ2v) is 8.36. The Kier molecular flexibility index (Phi) is 6.41. The van der Waals surface area contributed by atoms with Gasteiger partial charge in [0, 0.05) is 30.7 Å². The highest BCUT2D eigenvalue weighted by molar-refractivity contribution is 7.99. The molecule has 32 heavy (non-hydrogen) atoms.